The van der Waals surface area contributed by atoms with Crippen molar-refractivity contribution >= 4 is 0 Å². The normalized spacial score (nSPS) is 37.0. The van der Waals surface area contributed by atoms with Crippen LogP contribution in [0, 0.1) is 20.0 Å². The topological polar surface area (TPSA) is 99.4 Å². The van der Waals surface area contributed by atoms with Crippen molar-refractivity contribution in [3.63, 3.8) is 0 Å². The predicted molar refractivity (Wildman–Crippen MR) is 69.6 cm³/mol. The summed E-state index contributed by atoms with van der Waals surface area (Å²) in [6.45, 7) is 3.38. The Labute approximate surface area is 147 Å². The zero-order valence-electron chi connectivity index (χ0n) is 12.9. The van der Waals surface area contributed by atoms with Gasteiger partial charge >= 0.3 is 0 Å². The van der Waals surface area contributed by atoms with Gasteiger partial charge in [-0.3, -0.25) is 0 Å². The molecule has 0 bridgehead atoms. The van der Waals surface area contributed by atoms with E-state index in [-0.39, 0.29) is 32.7 Å². The first-order valence-corrected chi connectivity index (χ1v) is 6.05. The summed E-state index contributed by atoms with van der Waals surface area (Å²) in [6, 6.07) is 0. The molecule has 5 atom stereocenters. The molecule has 2 aliphatic rings. The summed E-state index contributed by atoms with van der Waals surface area (Å²) in [6.07, 6.45) is -2.02. The standard InChI is InChI=1S/C7H13O6.C5H9.CH4.Y/c1-12-7-6(11)5(10)4(9)3(2-8)13-7;1-5-3-2-4-5;;/h3-11H,1-2H2;5H,1-4H2;1H4;/q2*-1;;/i;;1D;. The summed E-state index contributed by atoms with van der Waals surface area (Å²) in [4.78, 5) is 0. The molecule has 5 unspecified atom stereocenters. The van der Waals surface area contributed by atoms with E-state index in [4.69, 9.17) is 11.2 Å². The second kappa shape index (κ2) is 11.4. The number of hydrogen-bond donors (Lipinski definition) is 4. The first kappa shape index (κ1) is 20.9. The van der Waals surface area contributed by atoms with Gasteiger partial charge in [-0.05, 0) is 0 Å². The SMILES string of the molecule is [2H]C.[CH2-]C1CCC1.[CH2-]OC1OC(CO)C(O)C(O)C1O.[Y]. The zero-order chi connectivity index (χ0) is 15.7. The Balaban J connectivity index is 0. The quantitative estimate of drug-likeness (QED) is 0.506. The van der Waals surface area contributed by atoms with Crippen molar-refractivity contribution in [3.05, 3.63) is 14.0 Å². The maximum absolute atomic E-state index is 9.25. The molecule has 119 valence electrons. The molecule has 2 fully saturated rings. The van der Waals surface area contributed by atoms with E-state index in [1.54, 1.807) is 0 Å². The third-order valence-electron chi connectivity index (χ3n) is 3.24. The van der Waals surface area contributed by atoms with Crippen molar-refractivity contribution < 1.29 is 64.0 Å². The van der Waals surface area contributed by atoms with Crippen LogP contribution >= 0.6 is 0 Å². The van der Waals surface area contributed by atoms with Gasteiger partial charge in [-0.25, -0.2) is 7.11 Å². The maximum Gasteiger partial charge on any atom is 0.157 e. The van der Waals surface area contributed by atoms with Crippen molar-refractivity contribution in [3.8, 4) is 0 Å². The first-order valence-electron chi connectivity index (χ1n) is 7.05. The molecule has 1 heterocycles. The predicted octanol–water partition coefficient (Wildman–Crippen LogP) is -0.151. The van der Waals surface area contributed by atoms with Crippen LogP contribution in [-0.4, -0.2) is 57.7 Å². The number of aliphatic hydroxyl groups is 4. The molecule has 0 aromatic heterocycles. The molecule has 1 radical (unpaired) electrons. The van der Waals surface area contributed by atoms with Crippen molar-refractivity contribution in [2.45, 2.75) is 57.4 Å². The van der Waals surface area contributed by atoms with Crippen LogP contribution in [0.2, 0.25) is 0 Å². The minimum Gasteiger partial charge on any atom is -0.531 e. The molecule has 2 rings (SSSR count). The third kappa shape index (κ3) is 6.32. The van der Waals surface area contributed by atoms with Crippen LogP contribution in [0.4, 0.5) is 0 Å². The molecule has 0 aromatic carbocycles. The van der Waals surface area contributed by atoms with Gasteiger partial charge in [0.2, 0.25) is 0 Å². The van der Waals surface area contributed by atoms with E-state index < -0.39 is 37.3 Å². The smallest absolute Gasteiger partial charge is 0.157 e. The fourth-order valence-electron chi connectivity index (χ4n) is 1.70. The molecule has 0 amide bonds. The van der Waals surface area contributed by atoms with Gasteiger partial charge in [0, 0.05) is 34.1 Å². The molecule has 7 heteroatoms. The molecule has 0 aromatic rings. The number of hydrogen-bond acceptors (Lipinski definition) is 6. The van der Waals surface area contributed by atoms with Crippen molar-refractivity contribution in [2.24, 2.45) is 5.92 Å². The van der Waals surface area contributed by atoms with Gasteiger partial charge in [-0.15, -0.1) is 0 Å². The maximum atomic E-state index is 9.25. The van der Waals surface area contributed by atoms with Gasteiger partial charge in [0.05, 0.1) is 6.61 Å². The summed E-state index contributed by atoms with van der Waals surface area (Å²) >= 11 is 0. The van der Waals surface area contributed by atoms with Crippen LogP contribution < -0.4 is 0 Å². The Kier molecular flexibility index (Phi) is 11.9. The fourth-order valence-corrected chi connectivity index (χ4v) is 1.70. The number of rotatable bonds is 2. The van der Waals surface area contributed by atoms with E-state index in [9.17, 15) is 15.3 Å². The second-order valence-corrected chi connectivity index (χ2v) is 4.66. The minimum absolute atomic E-state index is 0. The zero-order valence-corrected chi connectivity index (χ0v) is 14.7. The molecule has 1 aliphatic carbocycles. The van der Waals surface area contributed by atoms with Crippen molar-refractivity contribution in [2.75, 3.05) is 6.61 Å². The monoisotopic (exact) mass is 368 g/mol. The van der Waals surface area contributed by atoms with E-state index in [0.717, 1.165) is 5.92 Å². The van der Waals surface area contributed by atoms with E-state index in [1.165, 1.54) is 26.7 Å². The summed E-state index contributed by atoms with van der Waals surface area (Å²) in [5.41, 5.74) is 0. The van der Waals surface area contributed by atoms with Crippen LogP contribution in [-0.2, 0) is 42.2 Å². The minimum atomic E-state index is -1.40. The summed E-state index contributed by atoms with van der Waals surface area (Å²) < 4.78 is 15.1. The van der Waals surface area contributed by atoms with Crippen LogP contribution in [0.3, 0.4) is 0 Å². The second-order valence-electron chi connectivity index (χ2n) is 4.66. The van der Waals surface area contributed by atoms with E-state index in [2.05, 4.69) is 18.8 Å². The molecule has 6 nitrogen and oxygen atoms in total. The molecular weight excluding hydrogens is 341 g/mol. The number of ether oxygens (including phenoxy) is 2. The molecule has 1 saturated heterocycles. The average molecular weight is 368 g/mol. The van der Waals surface area contributed by atoms with E-state index in [1.807, 2.05) is 0 Å². The Hall–Kier alpha value is 0.864. The molecular formula is C13H26O6Y-2. The molecule has 0 spiro atoms. The third-order valence-corrected chi connectivity index (χ3v) is 3.24. The van der Waals surface area contributed by atoms with Gasteiger partial charge in [0.15, 0.2) is 6.29 Å². The molecule has 1 saturated carbocycles. The van der Waals surface area contributed by atoms with E-state index in [0.29, 0.717) is 0 Å². The Morgan fingerprint density at radius 3 is 2.00 bits per heavy atom. The van der Waals surface area contributed by atoms with Gasteiger partial charge in [0.25, 0.3) is 0 Å². The van der Waals surface area contributed by atoms with Crippen molar-refractivity contribution in [1.82, 2.24) is 0 Å². The van der Waals surface area contributed by atoms with Crippen LogP contribution in [0.15, 0.2) is 0 Å². The van der Waals surface area contributed by atoms with Crippen LogP contribution in [0.25, 0.3) is 0 Å². The first-order chi connectivity index (χ1) is 9.51. The molecule has 4 N–H and O–H groups in total. The van der Waals surface area contributed by atoms with Gasteiger partial charge in [0.1, 0.15) is 24.4 Å². The summed E-state index contributed by atoms with van der Waals surface area (Å²) in [5, 5.41) is 36.5. The Morgan fingerprint density at radius 1 is 1.20 bits per heavy atom. The Morgan fingerprint density at radius 2 is 1.70 bits per heavy atom. The van der Waals surface area contributed by atoms with Crippen molar-refractivity contribution in [1.29, 1.82) is 0 Å². The molecule has 1 aliphatic heterocycles. The molecule has 20 heavy (non-hydrogen) atoms. The summed E-state index contributed by atoms with van der Waals surface area (Å²) in [7, 11) is 4.28. The fraction of sp³-hybridized carbons (Fsp3) is 0.846. The van der Waals surface area contributed by atoms with Crippen LogP contribution in [0.5, 0.6) is 0 Å². The Bertz CT molecular complexity index is 225. The average Bonchev–Trinajstić information content (AvgIpc) is 2.46. The summed E-state index contributed by atoms with van der Waals surface area (Å²) in [5.74, 6) is 0.815. The van der Waals surface area contributed by atoms with E-state index >= 15 is 0 Å². The van der Waals surface area contributed by atoms with Crippen LogP contribution in [0.1, 0.15) is 28.0 Å². The van der Waals surface area contributed by atoms with Gasteiger partial charge < -0.3 is 36.8 Å². The largest absolute Gasteiger partial charge is 0.531 e. The number of aliphatic hydroxyl groups excluding tert-OH is 4. The van der Waals surface area contributed by atoms with Gasteiger partial charge in [-0.2, -0.15) is 5.92 Å². The van der Waals surface area contributed by atoms with Gasteiger partial charge in [-0.1, -0.05) is 26.7 Å².